The van der Waals surface area contributed by atoms with E-state index in [1.54, 1.807) is 92.7 Å². The molecule has 9 nitrogen and oxygen atoms in total. The van der Waals surface area contributed by atoms with Gasteiger partial charge in [-0.2, -0.15) is 13.2 Å². The maximum absolute atomic E-state index is 14.2. The van der Waals surface area contributed by atoms with Crippen molar-refractivity contribution in [2.24, 2.45) is 5.92 Å². The largest absolute Gasteiger partial charge is 0.493 e. The SMILES string of the molecule is COc1ccc(C2=CN(C(=O)c3ccccc3)[C@@H](C(C)C)C(=O)N2CC(=O)N[C@@H](Cc2ccccc2)C(=O)C(F)(F)F)cc1OC. The van der Waals surface area contributed by atoms with E-state index in [0.717, 1.165) is 4.90 Å². The number of hydrogen-bond donors (Lipinski definition) is 1. The van der Waals surface area contributed by atoms with Gasteiger partial charge in [0, 0.05) is 23.7 Å². The van der Waals surface area contributed by atoms with Crippen LogP contribution in [-0.4, -0.2) is 72.3 Å². The van der Waals surface area contributed by atoms with E-state index in [0.29, 0.717) is 28.2 Å². The number of benzene rings is 3. The van der Waals surface area contributed by atoms with Gasteiger partial charge in [-0.25, -0.2) is 0 Å². The van der Waals surface area contributed by atoms with Crippen LogP contribution in [0.4, 0.5) is 13.2 Å². The summed E-state index contributed by atoms with van der Waals surface area (Å²) in [7, 11) is 2.86. The number of hydrogen-bond acceptors (Lipinski definition) is 6. The van der Waals surface area contributed by atoms with Gasteiger partial charge >= 0.3 is 6.18 Å². The molecule has 0 aromatic heterocycles. The van der Waals surface area contributed by atoms with Crippen LogP contribution in [0.5, 0.6) is 11.5 Å². The lowest BCUT2D eigenvalue weighted by molar-refractivity contribution is -0.173. The Labute approximate surface area is 264 Å². The highest BCUT2D eigenvalue weighted by molar-refractivity contribution is 6.04. The number of carbonyl (C=O) groups excluding carboxylic acids is 4. The number of halogens is 3. The molecule has 0 unspecified atom stereocenters. The van der Waals surface area contributed by atoms with E-state index in [1.807, 2.05) is 0 Å². The van der Waals surface area contributed by atoms with Gasteiger partial charge in [0.1, 0.15) is 18.6 Å². The zero-order valence-electron chi connectivity index (χ0n) is 25.7. The number of ether oxygens (including phenoxy) is 2. The first-order chi connectivity index (χ1) is 21.8. The molecule has 0 saturated heterocycles. The molecule has 1 N–H and O–H groups in total. The van der Waals surface area contributed by atoms with E-state index < -0.39 is 60.6 Å². The molecule has 0 saturated carbocycles. The minimum Gasteiger partial charge on any atom is -0.493 e. The average molecular weight is 638 g/mol. The van der Waals surface area contributed by atoms with Crippen molar-refractivity contribution in [3.63, 3.8) is 0 Å². The highest BCUT2D eigenvalue weighted by Gasteiger charge is 2.45. The monoisotopic (exact) mass is 637 g/mol. The van der Waals surface area contributed by atoms with Crippen LogP contribution in [0.15, 0.2) is 85.1 Å². The molecule has 0 bridgehead atoms. The summed E-state index contributed by atoms with van der Waals surface area (Å²) in [5.41, 5.74) is 1.20. The highest BCUT2D eigenvalue weighted by atomic mass is 19.4. The Kier molecular flexibility index (Phi) is 10.5. The Hall–Kier alpha value is -5.13. The summed E-state index contributed by atoms with van der Waals surface area (Å²) in [4.78, 5) is 56.1. The van der Waals surface area contributed by atoms with Gasteiger partial charge in [0.05, 0.1) is 19.9 Å². The predicted octanol–water partition coefficient (Wildman–Crippen LogP) is 4.87. The number of alkyl halides is 3. The van der Waals surface area contributed by atoms with E-state index in [-0.39, 0.29) is 5.70 Å². The second kappa shape index (κ2) is 14.3. The van der Waals surface area contributed by atoms with Crippen molar-refractivity contribution in [1.29, 1.82) is 0 Å². The van der Waals surface area contributed by atoms with Gasteiger partial charge in [0.15, 0.2) is 11.5 Å². The van der Waals surface area contributed by atoms with E-state index in [9.17, 15) is 32.3 Å². The summed E-state index contributed by atoms with van der Waals surface area (Å²) in [6, 6.07) is 18.0. The van der Waals surface area contributed by atoms with Crippen molar-refractivity contribution in [3.8, 4) is 11.5 Å². The molecule has 4 rings (SSSR count). The highest BCUT2D eigenvalue weighted by Crippen LogP contribution is 2.35. The molecular weight excluding hydrogens is 603 g/mol. The maximum Gasteiger partial charge on any atom is 0.452 e. The Morgan fingerprint density at radius 3 is 2.07 bits per heavy atom. The summed E-state index contributed by atoms with van der Waals surface area (Å²) in [5, 5.41) is 2.20. The van der Waals surface area contributed by atoms with Crippen LogP contribution in [0.3, 0.4) is 0 Å². The van der Waals surface area contributed by atoms with Crippen molar-refractivity contribution >= 4 is 29.2 Å². The fourth-order valence-electron chi connectivity index (χ4n) is 5.23. The first-order valence-corrected chi connectivity index (χ1v) is 14.4. The molecule has 1 aliphatic rings. The first kappa shape index (κ1) is 33.8. The molecule has 3 aromatic rings. The Balaban J connectivity index is 1.76. The molecule has 12 heteroatoms. The topological polar surface area (TPSA) is 105 Å². The number of nitrogens with zero attached hydrogens (tertiary/aromatic N) is 2. The maximum atomic E-state index is 14.2. The van der Waals surface area contributed by atoms with Crippen LogP contribution in [-0.2, 0) is 20.8 Å². The van der Waals surface area contributed by atoms with Crippen LogP contribution in [0.25, 0.3) is 5.70 Å². The zero-order valence-corrected chi connectivity index (χ0v) is 25.7. The number of amides is 3. The smallest absolute Gasteiger partial charge is 0.452 e. The molecule has 0 fully saturated rings. The van der Waals surface area contributed by atoms with Crippen LogP contribution >= 0.6 is 0 Å². The molecule has 0 spiro atoms. The summed E-state index contributed by atoms with van der Waals surface area (Å²) in [5.74, 6) is -3.97. The normalized spacial score (nSPS) is 15.7. The van der Waals surface area contributed by atoms with Crippen LogP contribution in [0.2, 0.25) is 0 Å². The zero-order chi connectivity index (χ0) is 33.6. The van der Waals surface area contributed by atoms with Gasteiger partial charge in [0.25, 0.3) is 17.6 Å². The average Bonchev–Trinajstić information content (AvgIpc) is 3.04. The first-order valence-electron chi connectivity index (χ1n) is 14.4. The molecule has 3 aromatic carbocycles. The van der Waals surface area contributed by atoms with E-state index in [1.165, 1.54) is 25.3 Å². The van der Waals surface area contributed by atoms with Crippen molar-refractivity contribution in [2.45, 2.75) is 38.5 Å². The predicted molar refractivity (Wildman–Crippen MR) is 164 cm³/mol. The number of carbonyl (C=O) groups is 4. The van der Waals surface area contributed by atoms with Gasteiger partial charge < -0.3 is 19.7 Å². The van der Waals surface area contributed by atoms with E-state index >= 15 is 0 Å². The van der Waals surface area contributed by atoms with E-state index in [4.69, 9.17) is 9.47 Å². The molecular formula is C34H34F3N3O6. The number of Topliss-reactive ketones (excluding diaryl/α,β-unsaturated/α-hetero) is 1. The Morgan fingerprint density at radius 2 is 1.50 bits per heavy atom. The lowest BCUT2D eigenvalue weighted by Crippen LogP contribution is -2.57. The summed E-state index contributed by atoms with van der Waals surface area (Å²) < 4.78 is 51.4. The summed E-state index contributed by atoms with van der Waals surface area (Å²) in [6.45, 7) is 2.74. The van der Waals surface area contributed by atoms with E-state index in [2.05, 4.69) is 5.32 Å². The molecule has 1 aliphatic heterocycles. The van der Waals surface area contributed by atoms with Crippen LogP contribution < -0.4 is 14.8 Å². The second-order valence-corrected chi connectivity index (χ2v) is 10.9. The molecule has 242 valence electrons. The quantitative estimate of drug-likeness (QED) is 0.322. The van der Waals surface area contributed by atoms with Gasteiger partial charge in [-0.1, -0.05) is 62.4 Å². The number of ketones is 1. The van der Waals surface area contributed by atoms with Crippen molar-refractivity contribution < 1.29 is 41.8 Å². The molecule has 0 aliphatic carbocycles. The summed E-state index contributed by atoms with van der Waals surface area (Å²) >= 11 is 0. The second-order valence-electron chi connectivity index (χ2n) is 10.9. The Bertz CT molecular complexity index is 1610. The van der Waals surface area contributed by atoms with Crippen molar-refractivity contribution in [2.75, 3.05) is 20.8 Å². The third-order valence-electron chi connectivity index (χ3n) is 7.45. The molecule has 1 heterocycles. The minimum atomic E-state index is -5.21. The van der Waals surface area contributed by atoms with Crippen LogP contribution in [0.1, 0.15) is 35.3 Å². The Morgan fingerprint density at radius 1 is 0.891 bits per heavy atom. The van der Waals surface area contributed by atoms with Gasteiger partial charge in [-0.05, 0) is 41.8 Å². The van der Waals surface area contributed by atoms with Crippen molar-refractivity contribution in [3.05, 3.63) is 102 Å². The van der Waals surface area contributed by atoms with Crippen LogP contribution in [0, 0.1) is 5.92 Å². The van der Waals surface area contributed by atoms with Gasteiger partial charge in [-0.15, -0.1) is 0 Å². The third kappa shape index (κ3) is 7.56. The number of methoxy groups -OCH3 is 2. The molecule has 3 amide bonds. The molecule has 2 atom stereocenters. The lowest BCUT2D eigenvalue weighted by atomic mass is 9.96. The number of nitrogens with one attached hydrogen (secondary N) is 1. The fourth-order valence-corrected chi connectivity index (χ4v) is 5.23. The third-order valence-corrected chi connectivity index (χ3v) is 7.45. The fraction of sp³-hybridized carbons (Fsp3) is 0.294. The van der Waals surface area contributed by atoms with Gasteiger partial charge in [-0.3, -0.25) is 24.1 Å². The number of rotatable bonds is 11. The minimum absolute atomic E-state index is 0.115. The molecule has 46 heavy (non-hydrogen) atoms. The van der Waals surface area contributed by atoms with Gasteiger partial charge in [0.2, 0.25) is 5.91 Å². The summed E-state index contributed by atoms with van der Waals surface area (Å²) in [6.07, 6.45) is -4.18. The standard InChI is InChI=1S/C34H34F3N3O6/c1-21(2)30-33(44)39(20-29(41)38-25(31(42)34(35,36)37)17-22-11-7-5-8-12-22)26(24-15-16-27(45-3)28(18-24)46-4)19-40(30)32(43)23-13-9-6-10-14-23/h5-16,18-19,21,25,30H,17,20H2,1-4H3,(H,38,41)/t25-,30-/m0/s1. The lowest BCUT2D eigenvalue weighted by Gasteiger charge is -2.41. The molecule has 0 radical (unpaired) electrons. The van der Waals surface area contributed by atoms with Crippen molar-refractivity contribution in [1.82, 2.24) is 15.1 Å².